The Hall–Kier alpha value is -2.66. The minimum absolute atomic E-state index is 0.0996. The fraction of sp³-hybridized carbons (Fsp3) is 0.211. The van der Waals surface area contributed by atoms with E-state index in [4.69, 9.17) is 11.6 Å². The number of imide groups is 1. The second-order valence-corrected chi connectivity index (χ2v) is 6.72. The topological polar surface area (TPSA) is 55.2 Å². The summed E-state index contributed by atoms with van der Waals surface area (Å²) in [5.41, 5.74) is 4.37. The van der Waals surface area contributed by atoms with Crippen molar-refractivity contribution in [2.75, 3.05) is 4.90 Å². The van der Waals surface area contributed by atoms with Crippen LogP contribution in [0.1, 0.15) is 23.6 Å². The maximum Gasteiger partial charge on any atom is 0.257 e. The van der Waals surface area contributed by atoms with Crippen molar-refractivity contribution < 1.29 is 9.59 Å². The summed E-state index contributed by atoms with van der Waals surface area (Å²) in [6.45, 7) is 4.04. The summed E-state index contributed by atoms with van der Waals surface area (Å²) < 4.78 is 1.79. The number of imidazole rings is 1. The van der Waals surface area contributed by atoms with Gasteiger partial charge in [-0.1, -0.05) is 23.7 Å². The molecular formula is C19H16ClN3O2. The van der Waals surface area contributed by atoms with Gasteiger partial charge in [0.25, 0.3) is 5.91 Å². The van der Waals surface area contributed by atoms with Crippen LogP contribution in [0.5, 0.6) is 0 Å². The number of aromatic nitrogens is 2. The maximum absolute atomic E-state index is 13.0. The molecule has 0 unspecified atom stereocenters. The van der Waals surface area contributed by atoms with Gasteiger partial charge in [0.2, 0.25) is 5.91 Å². The fourth-order valence-electron chi connectivity index (χ4n) is 3.25. The summed E-state index contributed by atoms with van der Waals surface area (Å²) in [5, 5.41) is 0.381. The van der Waals surface area contributed by atoms with Gasteiger partial charge in [-0.15, -0.1) is 0 Å². The molecule has 0 saturated carbocycles. The van der Waals surface area contributed by atoms with E-state index in [1.807, 2.05) is 26.0 Å². The molecule has 0 spiro atoms. The lowest BCUT2D eigenvalue weighted by molar-refractivity contribution is -0.122. The summed E-state index contributed by atoms with van der Waals surface area (Å²) in [6.07, 6.45) is 1.73. The first-order valence-corrected chi connectivity index (χ1v) is 8.40. The Kier molecular flexibility index (Phi) is 3.62. The predicted molar refractivity (Wildman–Crippen MR) is 96.8 cm³/mol. The highest BCUT2D eigenvalue weighted by molar-refractivity contribution is 6.36. The average Bonchev–Trinajstić information content (AvgIpc) is 3.09. The lowest BCUT2D eigenvalue weighted by Gasteiger charge is -2.17. The summed E-state index contributed by atoms with van der Waals surface area (Å²) >= 11 is 6.18. The summed E-state index contributed by atoms with van der Waals surface area (Å²) in [5.74, 6) is -0.538. The van der Waals surface area contributed by atoms with Gasteiger partial charge in [-0.05, 0) is 49.2 Å². The first-order chi connectivity index (χ1) is 12.0. The van der Waals surface area contributed by atoms with Gasteiger partial charge in [0.15, 0.2) is 0 Å². The molecule has 2 heterocycles. The van der Waals surface area contributed by atoms with Crippen LogP contribution in [0, 0.1) is 13.8 Å². The van der Waals surface area contributed by atoms with Crippen LogP contribution in [0.15, 0.2) is 42.7 Å². The molecule has 5 nitrogen and oxygen atoms in total. The molecule has 0 aliphatic carbocycles. The minimum atomic E-state index is -0.601. The first-order valence-electron chi connectivity index (χ1n) is 8.02. The van der Waals surface area contributed by atoms with Crippen LogP contribution in [-0.4, -0.2) is 21.4 Å². The number of carbonyl (C=O) groups is 2. The van der Waals surface area contributed by atoms with Crippen molar-refractivity contribution in [1.29, 1.82) is 0 Å². The highest BCUT2D eigenvalue weighted by atomic mass is 35.5. The van der Waals surface area contributed by atoms with Crippen molar-refractivity contribution in [1.82, 2.24) is 9.55 Å². The van der Waals surface area contributed by atoms with E-state index in [1.54, 1.807) is 35.2 Å². The second-order valence-electron chi connectivity index (χ2n) is 6.32. The van der Waals surface area contributed by atoms with E-state index < -0.39 is 6.04 Å². The van der Waals surface area contributed by atoms with Gasteiger partial charge >= 0.3 is 0 Å². The molecule has 126 valence electrons. The van der Waals surface area contributed by atoms with Gasteiger partial charge in [0.1, 0.15) is 6.04 Å². The highest BCUT2D eigenvalue weighted by Gasteiger charge is 2.41. The third-order valence-corrected chi connectivity index (χ3v) is 5.06. The van der Waals surface area contributed by atoms with Gasteiger partial charge in [-0.3, -0.25) is 9.59 Å². The van der Waals surface area contributed by atoms with Gasteiger partial charge in [0, 0.05) is 0 Å². The van der Waals surface area contributed by atoms with Gasteiger partial charge < -0.3 is 4.57 Å². The Morgan fingerprint density at radius 3 is 2.60 bits per heavy atom. The van der Waals surface area contributed by atoms with Gasteiger partial charge in [-0.25, -0.2) is 9.88 Å². The Morgan fingerprint density at radius 1 is 1.12 bits per heavy atom. The third kappa shape index (κ3) is 2.43. The quantitative estimate of drug-likeness (QED) is 0.658. The predicted octanol–water partition coefficient (Wildman–Crippen LogP) is 3.81. The second kappa shape index (κ2) is 5.70. The number of fused-ring (bicyclic) bond motifs is 1. The smallest absolute Gasteiger partial charge is 0.257 e. The van der Waals surface area contributed by atoms with Crippen LogP contribution in [0.2, 0.25) is 5.02 Å². The van der Waals surface area contributed by atoms with Crippen molar-refractivity contribution in [3.63, 3.8) is 0 Å². The molecule has 2 aromatic carbocycles. The van der Waals surface area contributed by atoms with Crippen LogP contribution < -0.4 is 4.90 Å². The van der Waals surface area contributed by atoms with Crippen LogP contribution >= 0.6 is 11.6 Å². The van der Waals surface area contributed by atoms with E-state index >= 15 is 0 Å². The number of aryl methyl sites for hydroxylation is 2. The number of hydrogen-bond acceptors (Lipinski definition) is 3. The minimum Gasteiger partial charge on any atom is -0.317 e. The first kappa shape index (κ1) is 15.8. The number of para-hydroxylation sites is 1. The van der Waals surface area contributed by atoms with E-state index in [2.05, 4.69) is 4.98 Å². The molecule has 1 aromatic heterocycles. The molecule has 3 aromatic rings. The van der Waals surface area contributed by atoms with E-state index in [-0.39, 0.29) is 18.2 Å². The average molecular weight is 354 g/mol. The number of nitrogens with zero attached hydrogens (tertiary/aromatic N) is 3. The maximum atomic E-state index is 13.0. The number of halogens is 1. The van der Waals surface area contributed by atoms with E-state index in [9.17, 15) is 9.59 Å². The Balaban J connectivity index is 1.78. The molecule has 1 fully saturated rings. The molecular weight excluding hydrogens is 338 g/mol. The monoisotopic (exact) mass is 353 g/mol. The Bertz CT molecular complexity index is 1020. The van der Waals surface area contributed by atoms with E-state index in [1.165, 1.54) is 4.90 Å². The molecule has 1 aliphatic rings. The highest BCUT2D eigenvalue weighted by Crippen LogP contribution is 2.35. The summed E-state index contributed by atoms with van der Waals surface area (Å²) in [6, 6.07) is 10.3. The van der Waals surface area contributed by atoms with E-state index in [0.717, 1.165) is 22.2 Å². The molecule has 4 rings (SSSR count). The molecule has 1 atom stereocenters. The van der Waals surface area contributed by atoms with Crippen molar-refractivity contribution in [3.05, 3.63) is 58.9 Å². The van der Waals surface area contributed by atoms with Crippen molar-refractivity contribution in [3.8, 4) is 0 Å². The molecule has 6 heteroatoms. The molecule has 1 aliphatic heterocycles. The summed E-state index contributed by atoms with van der Waals surface area (Å²) in [7, 11) is 0. The molecule has 0 bridgehead atoms. The van der Waals surface area contributed by atoms with Crippen LogP contribution in [0.25, 0.3) is 11.0 Å². The number of benzene rings is 2. The van der Waals surface area contributed by atoms with Crippen LogP contribution in [-0.2, 0) is 9.59 Å². The zero-order chi connectivity index (χ0) is 17.7. The normalized spacial score (nSPS) is 17.7. The molecule has 25 heavy (non-hydrogen) atoms. The zero-order valence-corrected chi connectivity index (χ0v) is 14.6. The zero-order valence-electron chi connectivity index (χ0n) is 13.9. The third-order valence-electron chi connectivity index (χ3n) is 4.74. The van der Waals surface area contributed by atoms with Gasteiger partial charge in [-0.2, -0.15) is 0 Å². The van der Waals surface area contributed by atoms with Crippen LogP contribution in [0.4, 0.5) is 5.69 Å². The van der Waals surface area contributed by atoms with Crippen molar-refractivity contribution >= 4 is 40.1 Å². The van der Waals surface area contributed by atoms with Crippen molar-refractivity contribution in [2.24, 2.45) is 0 Å². The molecule has 0 radical (unpaired) electrons. The largest absolute Gasteiger partial charge is 0.317 e. The van der Waals surface area contributed by atoms with Crippen molar-refractivity contribution in [2.45, 2.75) is 26.3 Å². The fourth-order valence-corrected chi connectivity index (χ4v) is 3.47. The Labute approximate surface area is 149 Å². The molecule has 2 amide bonds. The van der Waals surface area contributed by atoms with E-state index in [0.29, 0.717) is 10.7 Å². The molecule has 0 N–H and O–H groups in total. The number of carbonyl (C=O) groups excluding carboxylic acids is 2. The number of anilines is 1. The Morgan fingerprint density at radius 2 is 1.84 bits per heavy atom. The standard InChI is InChI=1S/C19H16ClN3O2/c1-11-7-14-16(8-12(11)2)22(10-21-14)17-9-18(24)23(19(17)25)15-6-4-3-5-13(15)20/h3-8,10,17H,9H2,1-2H3/t17-/m1/s1. The van der Waals surface area contributed by atoms with Gasteiger partial charge in [0.05, 0.1) is 34.5 Å². The SMILES string of the molecule is Cc1cc2ncn([C@@H]3CC(=O)N(c4ccccc4Cl)C3=O)c2cc1C. The number of rotatable bonds is 2. The summed E-state index contributed by atoms with van der Waals surface area (Å²) in [4.78, 5) is 31.0. The molecule has 1 saturated heterocycles. The lowest BCUT2D eigenvalue weighted by Crippen LogP contribution is -2.31. The number of hydrogen-bond donors (Lipinski definition) is 0. The van der Waals surface area contributed by atoms with Crippen LogP contribution in [0.3, 0.4) is 0 Å². The number of amides is 2. The lowest BCUT2D eigenvalue weighted by atomic mass is 10.1.